The normalized spacial score (nSPS) is 23.3. The Kier molecular flexibility index (Phi) is 7.77. The van der Waals surface area contributed by atoms with E-state index in [4.69, 9.17) is 0 Å². The summed E-state index contributed by atoms with van der Waals surface area (Å²) in [6.45, 7) is 5.99. The minimum atomic E-state index is 0. The number of carbonyl (C=O) groups is 1. The first-order valence-electron chi connectivity index (χ1n) is 7.77. The maximum atomic E-state index is 12.4. The Hall–Kier alpha value is -0.280. The van der Waals surface area contributed by atoms with Gasteiger partial charge in [0.1, 0.15) is 0 Å². The Balaban J connectivity index is 0.00000180. The van der Waals surface area contributed by atoms with Crippen LogP contribution in [0.3, 0.4) is 0 Å². The van der Waals surface area contributed by atoms with Gasteiger partial charge in [-0.25, -0.2) is 0 Å². The van der Waals surface area contributed by atoms with Crippen LogP contribution >= 0.6 is 12.4 Å². The third-order valence-corrected chi connectivity index (χ3v) is 4.48. The number of rotatable bonds is 3. The third-order valence-electron chi connectivity index (χ3n) is 4.48. The monoisotopic (exact) mass is 288 g/mol. The van der Waals surface area contributed by atoms with Gasteiger partial charge >= 0.3 is 0 Å². The van der Waals surface area contributed by atoms with Gasteiger partial charge in [-0.2, -0.15) is 0 Å². The van der Waals surface area contributed by atoms with Crippen LogP contribution in [0.1, 0.15) is 51.9 Å². The van der Waals surface area contributed by atoms with E-state index in [0.29, 0.717) is 5.91 Å². The van der Waals surface area contributed by atoms with Gasteiger partial charge in [0.15, 0.2) is 0 Å². The second-order valence-electron chi connectivity index (χ2n) is 6.07. The Labute approximate surface area is 123 Å². The van der Waals surface area contributed by atoms with Crippen LogP contribution in [0, 0.1) is 11.8 Å². The highest BCUT2D eigenvalue weighted by Crippen LogP contribution is 2.29. The number of nitrogens with one attached hydrogen (secondary N) is 1. The lowest BCUT2D eigenvalue weighted by Crippen LogP contribution is -2.38. The molecule has 2 aliphatic rings. The minimum absolute atomic E-state index is 0. The molecule has 0 aromatic rings. The van der Waals surface area contributed by atoms with Crippen LogP contribution in [0.2, 0.25) is 0 Å². The fourth-order valence-corrected chi connectivity index (χ4v) is 3.40. The first-order chi connectivity index (χ1) is 8.77. The van der Waals surface area contributed by atoms with Crippen LogP contribution in [0.5, 0.6) is 0 Å². The van der Waals surface area contributed by atoms with Crippen molar-refractivity contribution in [1.29, 1.82) is 0 Å². The highest BCUT2D eigenvalue weighted by molar-refractivity contribution is 5.85. The van der Waals surface area contributed by atoms with E-state index in [0.717, 1.165) is 44.9 Å². The predicted octanol–water partition coefficient (Wildman–Crippen LogP) is 2.84. The smallest absolute Gasteiger partial charge is 0.225 e. The highest BCUT2D eigenvalue weighted by Gasteiger charge is 2.24. The Bertz CT molecular complexity index is 259. The van der Waals surface area contributed by atoms with Crippen LogP contribution < -0.4 is 5.32 Å². The molecule has 4 heteroatoms. The first-order valence-corrected chi connectivity index (χ1v) is 7.77. The minimum Gasteiger partial charge on any atom is -0.341 e. The van der Waals surface area contributed by atoms with Crippen molar-refractivity contribution in [2.45, 2.75) is 51.9 Å². The van der Waals surface area contributed by atoms with Crippen molar-refractivity contribution in [3.8, 4) is 0 Å². The molecule has 1 amide bonds. The Morgan fingerprint density at radius 1 is 1.16 bits per heavy atom. The molecular formula is C15H29ClN2O. The molecule has 1 unspecified atom stereocenters. The maximum Gasteiger partial charge on any atom is 0.225 e. The zero-order valence-electron chi connectivity index (χ0n) is 12.2. The van der Waals surface area contributed by atoms with E-state index in [1.165, 1.54) is 32.1 Å². The molecular weight excluding hydrogens is 260 g/mol. The molecule has 0 aromatic carbocycles. The van der Waals surface area contributed by atoms with E-state index in [9.17, 15) is 4.79 Å². The number of nitrogens with zero attached hydrogens (tertiary/aromatic N) is 1. The molecule has 0 aromatic heterocycles. The van der Waals surface area contributed by atoms with Gasteiger partial charge in [0, 0.05) is 25.6 Å². The number of carbonyl (C=O) groups excluding carboxylic acids is 1. The standard InChI is InChI=1S/C15H28N2O.ClH/c1-13(12-14-6-3-2-4-7-14)15(18)17-10-5-8-16-9-11-17;/h13-14,16H,2-12H2,1H3;1H. The maximum absolute atomic E-state index is 12.4. The number of hydrogen-bond donors (Lipinski definition) is 1. The second kappa shape index (κ2) is 8.80. The summed E-state index contributed by atoms with van der Waals surface area (Å²) >= 11 is 0. The topological polar surface area (TPSA) is 32.3 Å². The highest BCUT2D eigenvalue weighted by atomic mass is 35.5. The average Bonchev–Trinajstić information content (AvgIpc) is 2.68. The molecule has 1 aliphatic carbocycles. The van der Waals surface area contributed by atoms with Crippen molar-refractivity contribution in [3.05, 3.63) is 0 Å². The van der Waals surface area contributed by atoms with Crippen LogP contribution in [-0.2, 0) is 4.79 Å². The largest absolute Gasteiger partial charge is 0.341 e. The molecule has 1 N–H and O–H groups in total. The molecule has 1 saturated carbocycles. The van der Waals surface area contributed by atoms with Crippen LogP contribution in [-0.4, -0.2) is 37.0 Å². The summed E-state index contributed by atoms with van der Waals surface area (Å²) in [6, 6.07) is 0. The van der Waals surface area contributed by atoms with E-state index in [-0.39, 0.29) is 18.3 Å². The number of halogens is 1. The molecule has 1 atom stereocenters. The van der Waals surface area contributed by atoms with Crippen molar-refractivity contribution in [1.82, 2.24) is 10.2 Å². The summed E-state index contributed by atoms with van der Waals surface area (Å²) in [5.74, 6) is 1.43. The zero-order valence-corrected chi connectivity index (χ0v) is 13.0. The van der Waals surface area contributed by atoms with Gasteiger partial charge in [-0.1, -0.05) is 39.0 Å². The fourth-order valence-electron chi connectivity index (χ4n) is 3.40. The van der Waals surface area contributed by atoms with Crippen molar-refractivity contribution in [2.24, 2.45) is 11.8 Å². The van der Waals surface area contributed by atoms with Gasteiger partial charge in [-0.3, -0.25) is 4.79 Å². The van der Waals surface area contributed by atoms with Crippen LogP contribution in [0.25, 0.3) is 0 Å². The summed E-state index contributed by atoms with van der Waals surface area (Å²) in [7, 11) is 0. The van der Waals surface area contributed by atoms with Crippen LogP contribution in [0.15, 0.2) is 0 Å². The lowest BCUT2D eigenvalue weighted by atomic mass is 9.83. The van der Waals surface area contributed by atoms with Crippen molar-refractivity contribution >= 4 is 18.3 Å². The molecule has 0 radical (unpaired) electrons. The fraction of sp³-hybridized carbons (Fsp3) is 0.933. The molecule has 2 rings (SSSR count). The zero-order chi connectivity index (χ0) is 12.8. The van der Waals surface area contributed by atoms with Gasteiger partial charge in [-0.05, 0) is 25.3 Å². The molecule has 3 nitrogen and oxygen atoms in total. The Morgan fingerprint density at radius 3 is 2.63 bits per heavy atom. The molecule has 0 spiro atoms. The predicted molar refractivity (Wildman–Crippen MR) is 81.7 cm³/mol. The van der Waals surface area contributed by atoms with E-state index < -0.39 is 0 Å². The molecule has 1 heterocycles. The Morgan fingerprint density at radius 2 is 1.89 bits per heavy atom. The van der Waals surface area contributed by atoms with Crippen molar-refractivity contribution in [3.63, 3.8) is 0 Å². The van der Waals surface area contributed by atoms with Gasteiger partial charge < -0.3 is 10.2 Å². The lowest BCUT2D eigenvalue weighted by molar-refractivity contribution is -0.135. The quantitative estimate of drug-likeness (QED) is 0.866. The third kappa shape index (κ3) is 5.31. The summed E-state index contributed by atoms with van der Waals surface area (Å²) in [4.78, 5) is 14.5. The molecule has 1 saturated heterocycles. The number of amides is 1. The van der Waals surface area contributed by atoms with Gasteiger partial charge in [-0.15, -0.1) is 12.4 Å². The summed E-state index contributed by atoms with van der Waals surface area (Å²) < 4.78 is 0. The summed E-state index contributed by atoms with van der Waals surface area (Å²) in [6.07, 6.45) is 9.05. The summed E-state index contributed by atoms with van der Waals surface area (Å²) in [5, 5.41) is 3.36. The van der Waals surface area contributed by atoms with E-state index >= 15 is 0 Å². The van der Waals surface area contributed by atoms with Crippen LogP contribution in [0.4, 0.5) is 0 Å². The van der Waals surface area contributed by atoms with Gasteiger partial charge in [0.05, 0.1) is 0 Å². The molecule has 112 valence electrons. The van der Waals surface area contributed by atoms with Gasteiger partial charge in [0.25, 0.3) is 0 Å². The molecule has 2 fully saturated rings. The summed E-state index contributed by atoms with van der Waals surface area (Å²) in [5.41, 5.74) is 0. The van der Waals surface area contributed by atoms with Crippen molar-refractivity contribution < 1.29 is 4.79 Å². The SMILES string of the molecule is CC(CC1CCCCC1)C(=O)N1CCCNCC1.Cl. The lowest BCUT2D eigenvalue weighted by Gasteiger charge is -2.28. The number of hydrogen-bond acceptors (Lipinski definition) is 2. The molecule has 0 bridgehead atoms. The molecule has 19 heavy (non-hydrogen) atoms. The van der Waals surface area contributed by atoms with E-state index in [1.807, 2.05) is 0 Å². The average molecular weight is 289 g/mol. The van der Waals surface area contributed by atoms with Crippen molar-refractivity contribution in [2.75, 3.05) is 26.2 Å². The first kappa shape index (κ1) is 16.8. The van der Waals surface area contributed by atoms with E-state index in [2.05, 4.69) is 17.1 Å². The van der Waals surface area contributed by atoms with E-state index in [1.54, 1.807) is 0 Å². The second-order valence-corrected chi connectivity index (χ2v) is 6.07. The molecule has 1 aliphatic heterocycles. The van der Waals surface area contributed by atoms with Gasteiger partial charge in [0.2, 0.25) is 5.91 Å².